The summed E-state index contributed by atoms with van der Waals surface area (Å²) in [6.07, 6.45) is 2.60. The third-order valence-corrected chi connectivity index (χ3v) is 6.68. The first-order chi connectivity index (χ1) is 12.0. The number of piperazine rings is 1. The minimum Gasteiger partial charge on any atom is -0.336 e. The van der Waals surface area contributed by atoms with Crippen molar-refractivity contribution < 1.29 is 9.18 Å². The number of carbonyl (C=O) groups excluding carboxylic acids is 1. The Bertz CT molecular complexity index is 667. The normalized spacial score (nSPS) is 29.9. The van der Waals surface area contributed by atoms with Crippen LogP contribution >= 0.6 is 11.6 Å². The van der Waals surface area contributed by atoms with E-state index in [-0.39, 0.29) is 16.5 Å². The van der Waals surface area contributed by atoms with Gasteiger partial charge in [0.15, 0.2) is 0 Å². The Morgan fingerprint density at radius 1 is 1.12 bits per heavy atom. The Kier molecular flexibility index (Phi) is 4.73. The molecule has 4 aliphatic rings. The predicted octanol–water partition coefficient (Wildman–Crippen LogP) is 2.64. The fourth-order valence-electron chi connectivity index (χ4n) is 4.61. The maximum Gasteiger partial charge on any atom is 0.258 e. The molecule has 1 amide bonds. The topological polar surface area (TPSA) is 26.8 Å². The predicted molar refractivity (Wildman–Crippen MR) is 96.6 cm³/mol. The highest BCUT2D eigenvalue weighted by atomic mass is 35.5. The summed E-state index contributed by atoms with van der Waals surface area (Å²) in [6, 6.07) is 3.57. The van der Waals surface area contributed by atoms with Crippen molar-refractivity contribution in [3.8, 4) is 0 Å². The van der Waals surface area contributed by atoms with Crippen LogP contribution in [0.3, 0.4) is 0 Å². The van der Waals surface area contributed by atoms with E-state index in [1.807, 2.05) is 0 Å². The molecule has 1 aromatic carbocycles. The molecular formula is C19H25ClFN3O. The number of hydrogen-bond acceptors (Lipinski definition) is 3. The maximum atomic E-state index is 14.2. The number of hydrogen-bond donors (Lipinski definition) is 0. The van der Waals surface area contributed by atoms with E-state index in [9.17, 15) is 9.18 Å². The van der Waals surface area contributed by atoms with Gasteiger partial charge in [0.2, 0.25) is 0 Å². The number of rotatable bonds is 2. The lowest BCUT2D eigenvalue weighted by atomic mass is 9.83. The number of carbonyl (C=O) groups is 1. The Labute approximate surface area is 153 Å². The van der Waals surface area contributed by atoms with E-state index in [1.165, 1.54) is 32.0 Å². The SMILES string of the molecule is Cc1ccc(F)c(C(=O)N2CCN([C@H]3CN4CCC3CC4)CC2)c1Cl. The molecule has 4 nitrogen and oxygen atoms in total. The number of fused-ring (bicyclic) bond motifs is 3. The van der Waals surface area contributed by atoms with E-state index in [2.05, 4.69) is 9.80 Å². The van der Waals surface area contributed by atoms with Crippen LogP contribution in [0.15, 0.2) is 12.1 Å². The summed E-state index contributed by atoms with van der Waals surface area (Å²) < 4.78 is 14.2. The van der Waals surface area contributed by atoms with Crippen molar-refractivity contribution in [1.29, 1.82) is 0 Å². The number of aryl methyl sites for hydroxylation is 1. The third-order valence-electron chi connectivity index (χ3n) is 6.19. The second-order valence-electron chi connectivity index (χ2n) is 7.59. The molecule has 1 aromatic rings. The standard InChI is InChI=1S/C19H25ClFN3O/c1-13-2-3-15(21)17(18(13)20)19(25)24-10-8-23(9-11-24)16-12-22-6-4-14(16)5-7-22/h2-3,14,16H,4-12H2,1H3/t16-/m0/s1. The minimum atomic E-state index is -0.527. The fourth-order valence-corrected chi connectivity index (χ4v) is 4.85. The van der Waals surface area contributed by atoms with E-state index in [0.29, 0.717) is 19.1 Å². The van der Waals surface area contributed by atoms with Crippen LogP contribution in [0.1, 0.15) is 28.8 Å². The van der Waals surface area contributed by atoms with Crippen molar-refractivity contribution in [1.82, 2.24) is 14.7 Å². The zero-order valence-corrected chi connectivity index (χ0v) is 15.4. The highest BCUT2D eigenvalue weighted by molar-refractivity contribution is 6.34. The molecule has 25 heavy (non-hydrogen) atoms. The Morgan fingerprint density at radius 2 is 1.80 bits per heavy atom. The maximum absolute atomic E-state index is 14.2. The van der Waals surface area contributed by atoms with Crippen molar-refractivity contribution in [2.24, 2.45) is 5.92 Å². The molecule has 0 radical (unpaired) electrons. The molecule has 2 bridgehead atoms. The molecule has 1 atom stereocenters. The summed E-state index contributed by atoms with van der Waals surface area (Å²) in [5.41, 5.74) is 0.760. The van der Waals surface area contributed by atoms with Gasteiger partial charge in [-0.1, -0.05) is 17.7 Å². The van der Waals surface area contributed by atoms with Gasteiger partial charge < -0.3 is 9.80 Å². The van der Waals surface area contributed by atoms with Gasteiger partial charge in [-0.2, -0.15) is 0 Å². The molecule has 136 valence electrons. The van der Waals surface area contributed by atoms with Gasteiger partial charge in [0.1, 0.15) is 5.82 Å². The van der Waals surface area contributed by atoms with Crippen LogP contribution in [-0.2, 0) is 0 Å². The highest BCUT2D eigenvalue weighted by Crippen LogP contribution is 2.32. The van der Waals surface area contributed by atoms with Crippen LogP contribution in [0, 0.1) is 18.7 Å². The number of amides is 1. The van der Waals surface area contributed by atoms with Gasteiger partial charge in [0.05, 0.1) is 10.6 Å². The lowest BCUT2D eigenvalue weighted by Gasteiger charge is -2.51. The van der Waals surface area contributed by atoms with Gasteiger partial charge in [0, 0.05) is 38.8 Å². The summed E-state index contributed by atoms with van der Waals surface area (Å²) in [5, 5.41) is 0.241. The summed E-state index contributed by atoms with van der Waals surface area (Å²) in [5.74, 6) is -0.00361. The summed E-state index contributed by atoms with van der Waals surface area (Å²) >= 11 is 6.20. The molecule has 0 aromatic heterocycles. The lowest BCUT2D eigenvalue weighted by Crippen LogP contribution is -2.61. The first kappa shape index (κ1) is 17.3. The lowest BCUT2D eigenvalue weighted by molar-refractivity contribution is -0.0131. The first-order valence-electron chi connectivity index (χ1n) is 9.25. The smallest absolute Gasteiger partial charge is 0.258 e. The van der Waals surface area contributed by atoms with Crippen LogP contribution in [0.25, 0.3) is 0 Å². The zero-order chi connectivity index (χ0) is 17.6. The van der Waals surface area contributed by atoms with Crippen LogP contribution in [0.4, 0.5) is 4.39 Å². The molecular weight excluding hydrogens is 341 g/mol. The zero-order valence-electron chi connectivity index (χ0n) is 14.7. The average Bonchev–Trinajstić information content (AvgIpc) is 2.66. The van der Waals surface area contributed by atoms with Crippen molar-refractivity contribution in [2.75, 3.05) is 45.8 Å². The van der Waals surface area contributed by atoms with Crippen molar-refractivity contribution in [2.45, 2.75) is 25.8 Å². The molecule has 4 fully saturated rings. The number of benzene rings is 1. The number of halogens is 2. The number of piperidine rings is 3. The van der Waals surface area contributed by atoms with Gasteiger partial charge in [-0.25, -0.2) is 4.39 Å². The molecule has 4 heterocycles. The summed E-state index contributed by atoms with van der Waals surface area (Å²) in [4.78, 5) is 19.6. The minimum absolute atomic E-state index is 0.0259. The first-order valence-corrected chi connectivity index (χ1v) is 9.62. The van der Waals surface area contributed by atoms with Crippen molar-refractivity contribution >= 4 is 17.5 Å². The molecule has 0 saturated carbocycles. The largest absolute Gasteiger partial charge is 0.336 e. The van der Waals surface area contributed by atoms with Crippen molar-refractivity contribution in [3.63, 3.8) is 0 Å². The molecule has 0 N–H and O–H groups in total. The van der Waals surface area contributed by atoms with E-state index in [1.54, 1.807) is 17.9 Å². The van der Waals surface area contributed by atoms with Crippen LogP contribution in [0.5, 0.6) is 0 Å². The molecule has 0 spiro atoms. The van der Waals surface area contributed by atoms with Crippen LogP contribution in [0.2, 0.25) is 5.02 Å². The molecule has 4 saturated heterocycles. The van der Waals surface area contributed by atoms with E-state index in [4.69, 9.17) is 11.6 Å². The third kappa shape index (κ3) is 3.18. The second-order valence-corrected chi connectivity index (χ2v) is 7.96. The fraction of sp³-hybridized carbons (Fsp3) is 0.632. The quantitative estimate of drug-likeness (QED) is 0.806. The summed E-state index contributed by atoms with van der Waals surface area (Å²) in [6.45, 7) is 8.46. The monoisotopic (exact) mass is 365 g/mol. The second kappa shape index (κ2) is 6.86. The highest BCUT2D eigenvalue weighted by Gasteiger charge is 2.39. The van der Waals surface area contributed by atoms with Gasteiger partial charge in [-0.05, 0) is 50.4 Å². The van der Waals surface area contributed by atoms with Crippen molar-refractivity contribution in [3.05, 3.63) is 34.1 Å². The molecule has 4 aliphatic heterocycles. The molecule has 0 unspecified atom stereocenters. The number of nitrogens with zero attached hydrogens (tertiary/aromatic N) is 3. The molecule has 6 heteroatoms. The Balaban J connectivity index is 1.42. The van der Waals surface area contributed by atoms with Gasteiger partial charge in [-0.3, -0.25) is 9.69 Å². The Morgan fingerprint density at radius 3 is 2.40 bits per heavy atom. The molecule has 0 aliphatic carbocycles. The van der Waals surface area contributed by atoms with E-state index >= 15 is 0 Å². The Hall–Kier alpha value is -1.17. The van der Waals surface area contributed by atoms with Crippen LogP contribution < -0.4 is 0 Å². The summed E-state index contributed by atoms with van der Waals surface area (Å²) in [7, 11) is 0. The van der Waals surface area contributed by atoms with Gasteiger partial charge in [0.25, 0.3) is 5.91 Å². The molecule has 5 rings (SSSR count). The van der Waals surface area contributed by atoms with Gasteiger partial charge >= 0.3 is 0 Å². The van der Waals surface area contributed by atoms with E-state index < -0.39 is 5.82 Å². The van der Waals surface area contributed by atoms with E-state index in [0.717, 1.165) is 31.1 Å². The average molecular weight is 366 g/mol. The van der Waals surface area contributed by atoms with Gasteiger partial charge in [-0.15, -0.1) is 0 Å². The van der Waals surface area contributed by atoms with Crippen LogP contribution in [-0.4, -0.2) is 72.5 Å².